The van der Waals surface area contributed by atoms with Gasteiger partial charge in [-0.05, 0) is 49.9 Å². The van der Waals surface area contributed by atoms with Crippen LogP contribution >= 0.6 is 0 Å². The number of carbonyl (C=O) groups excluding carboxylic acids is 1. The molecule has 1 aromatic carbocycles. The minimum atomic E-state index is -3.23. The van der Waals surface area contributed by atoms with E-state index in [-0.39, 0.29) is 36.7 Å². The van der Waals surface area contributed by atoms with Gasteiger partial charge in [-0.1, -0.05) is 13.8 Å². The number of amides is 2. The maximum absolute atomic E-state index is 12.8. The van der Waals surface area contributed by atoms with Gasteiger partial charge >= 0.3 is 6.03 Å². The van der Waals surface area contributed by atoms with Crippen LogP contribution in [-0.2, 0) is 9.84 Å². The zero-order chi connectivity index (χ0) is 22.9. The zero-order valence-corrected chi connectivity index (χ0v) is 19.9. The summed E-state index contributed by atoms with van der Waals surface area (Å²) in [5.41, 5.74) is 6.47. The molecule has 0 aromatic heterocycles. The van der Waals surface area contributed by atoms with Gasteiger partial charge in [-0.3, -0.25) is 0 Å². The number of nitrogens with one attached hydrogen (secondary N) is 1. The van der Waals surface area contributed by atoms with Gasteiger partial charge in [0.05, 0.1) is 18.1 Å². The first kappa shape index (κ1) is 25.3. The molecule has 0 bridgehead atoms. The van der Waals surface area contributed by atoms with Crippen LogP contribution in [0.2, 0.25) is 0 Å². The summed E-state index contributed by atoms with van der Waals surface area (Å²) in [7, 11) is -3.23. The van der Waals surface area contributed by atoms with Crippen LogP contribution < -0.4 is 20.7 Å². The second-order valence-corrected chi connectivity index (χ2v) is 10.3. The first-order valence-corrected chi connectivity index (χ1v) is 13.1. The molecule has 1 saturated heterocycles. The number of benzene rings is 1. The average Bonchev–Trinajstić information content (AvgIpc) is 2.94. The van der Waals surface area contributed by atoms with Crippen molar-refractivity contribution < 1.29 is 17.9 Å². The number of carbonyl (C=O) groups is 1. The van der Waals surface area contributed by atoms with Crippen LogP contribution in [0.25, 0.3) is 0 Å². The minimum absolute atomic E-state index is 0.0561. The Morgan fingerprint density at radius 2 is 1.81 bits per heavy atom. The predicted molar refractivity (Wildman–Crippen MR) is 125 cm³/mol. The molecule has 1 fully saturated rings. The summed E-state index contributed by atoms with van der Waals surface area (Å²) in [6.07, 6.45) is 1.86. The third-order valence-electron chi connectivity index (χ3n) is 5.74. The Bertz CT molecular complexity index is 785. The molecule has 0 radical (unpaired) electrons. The summed E-state index contributed by atoms with van der Waals surface area (Å²) in [6.45, 7) is 9.21. The number of urea groups is 1. The number of hydrogen-bond donors (Lipinski definition) is 2. The van der Waals surface area contributed by atoms with Gasteiger partial charge < -0.3 is 25.6 Å². The molecule has 0 aliphatic carbocycles. The normalized spacial score (nSPS) is 19.7. The van der Waals surface area contributed by atoms with E-state index < -0.39 is 9.84 Å². The van der Waals surface area contributed by atoms with E-state index in [1.165, 1.54) is 0 Å². The van der Waals surface area contributed by atoms with Crippen molar-refractivity contribution in [2.75, 3.05) is 55.7 Å². The minimum Gasteiger partial charge on any atom is -0.494 e. The molecule has 2 amide bonds. The van der Waals surface area contributed by atoms with Crippen LogP contribution in [0, 0.1) is 5.92 Å². The van der Waals surface area contributed by atoms with E-state index in [0.29, 0.717) is 25.6 Å². The van der Waals surface area contributed by atoms with Gasteiger partial charge in [0.25, 0.3) is 0 Å². The Morgan fingerprint density at radius 3 is 2.39 bits per heavy atom. The van der Waals surface area contributed by atoms with Gasteiger partial charge in [-0.2, -0.15) is 0 Å². The first-order valence-electron chi connectivity index (χ1n) is 11.3. The highest BCUT2D eigenvalue weighted by Crippen LogP contribution is 2.27. The van der Waals surface area contributed by atoms with Crippen LogP contribution in [0.1, 0.15) is 33.6 Å². The van der Waals surface area contributed by atoms with Gasteiger partial charge in [-0.25, -0.2) is 13.2 Å². The highest BCUT2D eigenvalue weighted by Gasteiger charge is 2.31. The van der Waals surface area contributed by atoms with E-state index in [4.69, 9.17) is 10.5 Å². The molecule has 2 rings (SSSR count). The molecule has 9 heteroatoms. The molecular formula is C22H38N4O4S. The van der Waals surface area contributed by atoms with Gasteiger partial charge in [0.15, 0.2) is 9.84 Å². The molecule has 1 aliphatic heterocycles. The third-order valence-corrected chi connectivity index (χ3v) is 7.42. The fourth-order valence-corrected chi connectivity index (χ4v) is 4.90. The summed E-state index contributed by atoms with van der Waals surface area (Å²) in [5.74, 6) is 1.04. The molecule has 0 spiro atoms. The lowest BCUT2D eigenvalue weighted by atomic mass is 10.1. The van der Waals surface area contributed by atoms with E-state index in [9.17, 15) is 13.2 Å². The van der Waals surface area contributed by atoms with Crippen molar-refractivity contribution in [3.63, 3.8) is 0 Å². The molecule has 1 heterocycles. The van der Waals surface area contributed by atoms with Gasteiger partial charge in [0.1, 0.15) is 5.75 Å². The number of anilines is 1. The molecule has 8 nitrogen and oxygen atoms in total. The molecule has 2 atom stereocenters. The fourth-order valence-electron chi connectivity index (χ4n) is 3.92. The lowest BCUT2D eigenvalue weighted by Gasteiger charge is -2.33. The molecule has 0 saturated carbocycles. The summed E-state index contributed by atoms with van der Waals surface area (Å²) >= 11 is 0. The lowest BCUT2D eigenvalue weighted by molar-refractivity contribution is 0.190. The standard InChI is InChI=1S/C22H38N4O4S/c1-4-18-15-25(22(27)24-12-14-31(28,29)13-11-23)17-19(5-2)26(16-18)20-7-9-21(10-8-20)30-6-3/h7-10,18-19H,4-6,11-17,23H2,1-3H3,(H,24,27)/t18-,19+/m1/s1. The summed E-state index contributed by atoms with van der Waals surface area (Å²) in [5, 5.41) is 2.79. The van der Waals surface area contributed by atoms with Crippen LogP contribution in [0.4, 0.5) is 10.5 Å². The summed E-state index contributed by atoms with van der Waals surface area (Å²) < 4.78 is 29.3. The number of ether oxygens (including phenoxy) is 1. The number of hydrogen-bond acceptors (Lipinski definition) is 6. The SMILES string of the molecule is CCOc1ccc(N2C[C@H](CC)CN(C(=O)NCCS(=O)(=O)CCN)C[C@@H]2CC)cc1. The molecule has 176 valence electrons. The zero-order valence-electron chi connectivity index (χ0n) is 19.0. The van der Waals surface area contributed by atoms with Crippen LogP contribution in [0.5, 0.6) is 5.75 Å². The van der Waals surface area contributed by atoms with Gasteiger partial charge in [-0.15, -0.1) is 0 Å². The Balaban J connectivity index is 2.08. The van der Waals surface area contributed by atoms with Gasteiger partial charge in [0.2, 0.25) is 0 Å². The molecule has 31 heavy (non-hydrogen) atoms. The van der Waals surface area contributed by atoms with Gasteiger partial charge in [0, 0.05) is 44.5 Å². The predicted octanol–water partition coefficient (Wildman–Crippen LogP) is 2.10. The fraction of sp³-hybridized carbons (Fsp3) is 0.682. The number of nitrogens with zero attached hydrogens (tertiary/aromatic N) is 2. The molecule has 0 unspecified atom stereocenters. The van der Waals surface area contributed by atoms with Crippen LogP contribution in [-0.4, -0.2) is 76.2 Å². The van der Waals surface area contributed by atoms with Crippen LogP contribution in [0.15, 0.2) is 24.3 Å². The molecular weight excluding hydrogens is 416 g/mol. The Hall–Kier alpha value is -2.00. The highest BCUT2D eigenvalue weighted by atomic mass is 32.2. The quantitative estimate of drug-likeness (QED) is 0.561. The second kappa shape index (κ2) is 12.1. The Labute approximate surface area is 187 Å². The number of sulfone groups is 1. The number of rotatable bonds is 10. The lowest BCUT2D eigenvalue weighted by Crippen LogP contribution is -2.47. The van der Waals surface area contributed by atoms with Crippen molar-refractivity contribution in [2.45, 2.75) is 39.7 Å². The topological polar surface area (TPSA) is 105 Å². The highest BCUT2D eigenvalue weighted by molar-refractivity contribution is 7.91. The summed E-state index contributed by atoms with van der Waals surface area (Å²) in [4.78, 5) is 17.1. The molecule has 1 aromatic rings. The van der Waals surface area contributed by atoms with E-state index >= 15 is 0 Å². The van der Waals surface area contributed by atoms with Crippen molar-refractivity contribution in [1.29, 1.82) is 0 Å². The molecule has 1 aliphatic rings. The maximum atomic E-state index is 12.8. The van der Waals surface area contributed by atoms with Crippen molar-refractivity contribution >= 4 is 21.6 Å². The largest absolute Gasteiger partial charge is 0.494 e. The monoisotopic (exact) mass is 454 g/mol. The third kappa shape index (κ3) is 7.57. The van der Waals surface area contributed by atoms with E-state index in [0.717, 1.165) is 30.8 Å². The van der Waals surface area contributed by atoms with Crippen molar-refractivity contribution in [2.24, 2.45) is 11.7 Å². The molecule has 3 N–H and O–H groups in total. The summed E-state index contributed by atoms with van der Waals surface area (Å²) in [6, 6.07) is 8.12. The van der Waals surface area contributed by atoms with E-state index in [2.05, 4.69) is 36.2 Å². The first-order chi connectivity index (χ1) is 14.8. The van der Waals surface area contributed by atoms with Crippen molar-refractivity contribution in [1.82, 2.24) is 10.2 Å². The maximum Gasteiger partial charge on any atom is 0.317 e. The average molecular weight is 455 g/mol. The Morgan fingerprint density at radius 1 is 1.10 bits per heavy atom. The van der Waals surface area contributed by atoms with E-state index in [1.54, 1.807) is 0 Å². The smallest absolute Gasteiger partial charge is 0.317 e. The Kier molecular flexibility index (Phi) is 9.90. The van der Waals surface area contributed by atoms with Crippen LogP contribution in [0.3, 0.4) is 0 Å². The number of nitrogens with two attached hydrogens (primary N) is 1. The van der Waals surface area contributed by atoms with E-state index in [1.807, 2.05) is 24.0 Å². The second-order valence-electron chi connectivity index (χ2n) is 7.99. The van der Waals surface area contributed by atoms with Crippen molar-refractivity contribution in [3.05, 3.63) is 24.3 Å². The van der Waals surface area contributed by atoms with Crippen molar-refractivity contribution in [3.8, 4) is 5.75 Å².